The largest absolute Gasteiger partial charge is 0.464 e. The maximum absolute atomic E-state index is 11.1. The van der Waals surface area contributed by atoms with Gasteiger partial charge < -0.3 is 4.42 Å². The van der Waals surface area contributed by atoms with Crippen molar-refractivity contribution in [3.63, 3.8) is 0 Å². The third-order valence-electron chi connectivity index (χ3n) is 2.34. The van der Waals surface area contributed by atoms with Crippen LogP contribution < -0.4 is 5.56 Å². The molecule has 0 N–H and O–H groups in total. The van der Waals surface area contributed by atoms with Crippen molar-refractivity contribution < 1.29 is 4.42 Å². The fourth-order valence-corrected chi connectivity index (χ4v) is 1.64. The van der Waals surface area contributed by atoms with Crippen molar-refractivity contribution in [2.75, 3.05) is 0 Å². The molecule has 0 aliphatic heterocycles. The number of fused-ring (bicyclic) bond motifs is 2. The standard InChI is InChI=1S/C12H7NO2/c14-12-4-3-8-6-9-2-1-5-15-11(9)7-10(8)13-12/h1-7H. The van der Waals surface area contributed by atoms with Crippen LogP contribution in [0.4, 0.5) is 0 Å². The molecule has 0 fully saturated rings. The molecular formula is C12H7NO2. The summed E-state index contributed by atoms with van der Waals surface area (Å²) in [6.07, 6.45) is 1.61. The van der Waals surface area contributed by atoms with Gasteiger partial charge in [0, 0.05) is 22.9 Å². The first-order valence-corrected chi connectivity index (χ1v) is 4.61. The Kier molecular flexibility index (Phi) is 1.59. The zero-order chi connectivity index (χ0) is 10.3. The fourth-order valence-electron chi connectivity index (χ4n) is 1.64. The molecule has 1 aromatic carbocycles. The van der Waals surface area contributed by atoms with Crippen LogP contribution in [0.15, 0.2) is 51.9 Å². The number of rotatable bonds is 0. The molecule has 0 saturated heterocycles. The Balaban J connectivity index is 2.53. The number of pyridine rings is 1. The zero-order valence-corrected chi connectivity index (χ0v) is 7.81. The molecule has 15 heavy (non-hydrogen) atoms. The molecule has 3 rings (SSSR count). The van der Waals surface area contributed by atoms with Gasteiger partial charge in [-0.1, -0.05) is 0 Å². The van der Waals surface area contributed by atoms with Gasteiger partial charge in [-0.25, -0.2) is 4.98 Å². The summed E-state index contributed by atoms with van der Waals surface area (Å²) in [5.41, 5.74) is 1.19. The smallest absolute Gasteiger partial charge is 0.270 e. The van der Waals surface area contributed by atoms with Crippen LogP contribution in [0.5, 0.6) is 0 Å². The summed E-state index contributed by atoms with van der Waals surface area (Å²) in [6.45, 7) is 0. The van der Waals surface area contributed by atoms with Crippen LogP contribution in [0.1, 0.15) is 0 Å². The minimum absolute atomic E-state index is 0.224. The molecule has 0 spiro atoms. The van der Waals surface area contributed by atoms with E-state index < -0.39 is 0 Å². The van der Waals surface area contributed by atoms with E-state index in [2.05, 4.69) is 4.98 Å². The zero-order valence-electron chi connectivity index (χ0n) is 7.81. The Hall–Kier alpha value is -2.16. The van der Waals surface area contributed by atoms with E-state index in [0.717, 1.165) is 16.4 Å². The molecule has 2 aromatic heterocycles. The van der Waals surface area contributed by atoms with E-state index in [9.17, 15) is 4.79 Å². The Morgan fingerprint density at radius 3 is 2.93 bits per heavy atom. The topological polar surface area (TPSA) is 43.1 Å². The highest BCUT2D eigenvalue weighted by atomic mass is 16.3. The van der Waals surface area contributed by atoms with Crippen molar-refractivity contribution >= 4 is 21.9 Å². The molecular weight excluding hydrogens is 190 g/mol. The van der Waals surface area contributed by atoms with Gasteiger partial charge in [-0.15, -0.1) is 0 Å². The monoisotopic (exact) mass is 197 g/mol. The lowest BCUT2D eigenvalue weighted by atomic mass is 10.1. The second kappa shape index (κ2) is 2.92. The van der Waals surface area contributed by atoms with E-state index in [-0.39, 0.29) is 5.56 Å². The van der Waals surface area contributed by atoms with Crippen molar-refractivity contribution in [2.24, 2.45) is 0 Å². The maximum Gasteiger partial charge on any atom is 0.270 e. The Labute approximate surface area is 85.0 Å². The van der Waals surface area contributed by atoms with Crippen LogP contribution in [0.2, 0.25) is 0 Å². The number of hydrogen-bond donors (Lipinski definition) is 0. The molecule has 0 amide bonds. The SMILES string of the molecule is O=c1ccc2cc3cccoc3cc2n1. The molecule has 3 heteroatoms. The summed E-state index contributed by atoms with van der Waals surface area (Å²) in [4.78, 5) is 15.0. The number of nitrogens with zero attached hydrogens (tertiary/aromatic N) is 1. The first kappa shape index (κ1) is 8.17. The normalized spacial score (nSPS) is 10.9. The van der Waals surface area contributed by atoms with Gasteiger partial charge in [0.2, 0.25) is 0 Å². The molecule has 3 aromatic rings. The summed E-state index contributed by atoms with van der Waals surface area (Å²) in [6, 6.07) is 10.8. The van der Waals surface area contributed by atoms with Gasteiger partial charge in [0.25, 0.3) is 5.56 Å². The molecule has 0 atom stereocenters. The van der Waals surface area contributed by atoms with Crippen molar-refractivity contribution in [1.82, 2.24) is 4.98 Å². The van der Waals surface area contributed by atoms with Gasteiger partial charge >= 0.3 is 0 Å². The maximum atomic E-state index is 11.1. The molecule has 0 bridgehead atoms. The third kappa shape index (κ3) is 1.29. The van der Waals surface area contributed by atoms with Gasteiger partial charge in [0.15, 0.2) is 0 Å². The quantitative estimate of drug-likeness (QED) is 0.519. The van der Waals surface area contributed by atoms with E-state index >= 15 is 0 Å². The van der Waals surface area contributed by atoms with Crippen molar-refractivity contribution in [3.05, 3.63) is 53.0 Å². The van der Waals surface area contributed by atoms with Crippen LogP contribution in [0, 0.1) is 0 Å². The van der Waals surface area contributed by atoms with Gasteiger partial charge in [-0.2, -0.15) is 0 Å². The average molecular weight is 197 g/mol. The lowest BCUT2D eigenvalue weighted by molar-refractivity contribution is 0.604. The second-order valence-electron chi connectivity index (χ2n) is 3.35. The highest BCUT2D eigenvalue weighted by Gasteiger charge is 2.00. The summed E-state index contributed by atoms with van der Waals surface area (Å²) in [7, 11) is 0. The van der Waals surface area contributed by atoms with Crippen LogP contribution in [0.3, 0.4) is 0 Å². The minimum Gasteiger partial charge on any atom is -0.464 e. The van der Waals surface area contributed by atoms with Crippen molar-refractivity contribution in [3.8, 4) is 0 Å². The van der Waals surface area contributed by atoms with E-state index in [1.165, 1.54) is 6.07 Å². The summed E-state index contributed by atoms with van der Waals surface area (Å²) >= 11 is 0. The van der Waals surface area contributed by atoms with Crippen molar-refractivity contribution in [1.29, 1.82) is 0 Å². The minimum atomic E-state index is -0.224. The fraction of sp³-hybridized carbons (Fsp3) is 0. The Bertz CT molecular complexity index is 700. The number of aromatic nitrogens is 1. The summed E-state index contributed by atoms with van der Waals surface area (Å²) < 4.78 is 5.32. The molecule has 72 valence electrons. The van der Waals surface area contributed by atoms with E-state index in [0.29, 0.717) is 5.52 Å². The first-order chi connectivity index (χ1) is 7.33. The van der Waals surface area contributed by atoms with Gasteiger partial charge in [0.05, 0.1) is 11.8 Å². The summed E-state index contributed by atoms with van der Waals surface area (Å²) in [5.74, 6) is 0. The van der Waals surface area contributed by atoms with E-state index in [4.69, 9.17) is 4.42 Å². The van der Waals surface area contributed by atoms with Gasteiger partial charge in [0.1, 0.15) is 5.58 Å². The number of benzene rings is 1. The summed E-state index contributed by atoms with van der Waals surface area (Å²) in [5, 5.41) is 1.95. The molecule has 2 heterocycles. The lowest BCUT2D eigenvalue weighted by Crippen LogP contribution is -2.01. The molecule has 0 aliphatic rings. The second-order valence-corrected chi connectivity index (χ2v) is 3.35. The Morgan fingerprint density at radius 2 is 2.00 bits per heavy atom. The van der Waals surface area contributed by atoms with E-state index in [1.807, 2.05) is 18.2 Å². The number of hydrogen-bond acceptors (Lipinski definition) is 3. The molecule has 0 saturated carbocycles. The molecule has 0 unspecified atom stereocenters. The average Bonchev–Trinajstić information content (AvgIpc) is 2.26. The third-order valence-corrected chi connectivity index (χ3v) is 2.34. The predicted octanol–water partition coefficient (Wildman–Crippen LogP) is 2.34. The van der Waals surface area contributed by atoms with Gasteiger partial charge in [-0.05, 0) is 24.3 Å². The first-order valence-electron chi connectivity index (χ1n) is 4.61. The predicted molar refractivity (Wildman–Crippen MR) is 57.8 cm³/mol. The molecule has 0 radical (unpaired) electrons. The highest BCUT2D eigenvalue weighted by Crippen LogP contribution is 2.19. The van der Waals surface area contributed by atoms with Crippen molar-refractivity contribution in [2.45, 2.75) is 0 Å². The van der Waals surface area contributed by atoms with Crippen LogP contribution in [0.25, 0.3) is 21.9 Å². The lowest BCUT2D eigenvalue weighted by Gasteiger charge is -1.98. The molecule has 0 aliphatic carbocycles. The molecule has 3 nitrogen and oxygen atoms in total. The highest BCUT2D eigenvalue weighted by molar-refractivity contribution is 5.93. The van der Waals surface area contributed by atoms with Crippen LogP contribution >= 0.6 is 0 Å². The van der Waals surface area contributed by atoms with Crippen LogP contribution in [-0.4, -0.2) is 4.98 Å². The van der Waals surface area contributed by atoms with Crippen LogP contribution in [-0.2, 0) is 0 Å². The van der Waals surface area contributed by atoms with E-state index in [1.54, 1.807) is 18.4 Å². The van der Waals surface area contributed by atoms with Gasteiger partial charge in [-0.3, -0.25) is 4.79 Å². The Morgan fingerprint density at radius 1 is 1.07 bits per heavy atom.